The van der Waals surface area contributed by atoms with Gasteiger partial charge >= 0.3 is 0 Å². The monoisotopic (exact) mass is 437 g/mol. The molecule has 1 aromatic rings. The highest BCUT2D eigenvalue weighted by molar-refractivity contribution is 6.67. The maximum Gasteiger partial charge on any atom is 0.216 e. The second kappa shape index (κ2) is 11.2. The highest BCUT2D eigenvalue weighted by Crippen LogP contribution is 2.36. The summed E-state index contributed by atoms with van der Waals surface area (Å²) in [7, 11) is 0. The molecule has 5 nitrogen and oxygen atoms in total. The molecule has 0 heterocycles. The smallest absolute Gasteiger partial charge is 0.216 e. The van der Waals surface area contributed by atoms with E-state index in [0.29, 0.717) is 19.0 Å². The molecule has 0 spiro atoms. The van der Waals surface area contributed by atoms with Gasteiger partial charge in [-0.25, -0.2) is 0 Å². The van der Waals surface area contributed by atoms with E-state index >= 15 is 0 Å². The third-order valence-corrected chi connectivity index (χ3v) is 3.33. The van der Waals surface area contributed by atoms with Crippen molar-refractivity contribution in [1.82, 2.24) is 5.48 Å². The zero-order chi connectivity index (χ0) is 18.0. The van der Waals surface area contributed by atoms with Crippen LogP contribution in [-0.4, -0.2) is 28.7 Å². The number of rotatable bonds is 10. The largest absolute Gasteiger partial charge is 0.508 e. The van der Waals surface area contributed by atoms with E-state index in [1.165, 1.54) is 24.6 Å². The molecule has 0 unspecified atom stereocenters. The van der Waals surface area contributed by atoms with E-state index in [2.05, 4.69) is 5.48 Å². The first-order valence-corrected chi connectivity index (χ1v) is 8.70. The van der Waals surface area contributed by atoms with Crippen molar-refractivity contribution in [2.45, 2.75) is 16.6 Å². The van der Waals surface area contributed by atoms with Crippen LogP contribution >= 0.6 is 58.0 Å². The Bertz CT molecular complexity index is 513. The van der Waals surface area contributed by atoms with Gasteiger partial charge < -0.3 is 14.6 Å². The second-order valence-corrected chi connectivity index (χ2v) is 7.82. The molecule has 136 valence electrons. The molecule has 24 heavy (non-hydrogen) atoms. The molecule has 0 fully saturated rings. The summed E-state index contributed by atoms with van der Waals surface area (Å²) in [4.78, 5) is 4.85. The minimum Gasteiger partial charge on any atom is -0.508 e. The molecule has 1 aromatic carbocycles. The Morgan fingerprint density at radius 1 is 1.08 bits per heavy atom. The van der Waals surface area contributed by atoms with Crippen molar-refractivity contribution >= 4 is 58.0 Å². The zero-order valence-corrected chi connectivity index (χ0v) is 16.2. The van der Waals surface area contributed by atoms with Gasteiger partial charge in [0.25, 0.3) is 0 Å². The molecule has 0 aliphatic heterocycles. The van der Waals surface area contributed by atoms with E-state index in [1.807, 2.05) is 0 Å². The summed E-state index contributed by atoms with van der Waals surface area (Å²) in [6.07, 6.45) is 4.35. The number of hydrogen-bond donors (Lipinski definition) is 2. The molecule has 0 aromatic heterocycles. The average molecular weight is 440 g/mol. The molecule has 1 rings (SSSR count). The number of benzene rings is 1. The maximum absolute atomic E-state index is 9.32. The molecule has 10 heteroatoms. The lowest BCUT2D eigenvalue weighted by atomic mass is 10.3. The van der Waals surface area contributed by atoms with Gasteiger partial charge in [-0.05, 0) is 12.8 Å². The van der Waals surface area contributed by atoms with E-state index in [9.17, 15) is 5.11 Å². The Balaban J connectivity index is 2.07. The van der Waals surface area contributed by atoms with Crippen molar-refractivity contribution in [2.75, 3.05) is 19.8 Å². The number of hydroxylamine groups is 1. The normalized spacial score (nSPS) is 11.7. The van der Waals surface area contributed by atoms with Crippen molar-refractivity contribution in [3.8, 4) is 11.5 Å². The number of halogens is 5. The van der Waals surface area contributed by atoms with Gasteiger partial charge in [-0.2, -0.15) is 0 Å². The van der Waals surface area contributed by atoms with Gasteiger partial charge in [0.15, 0.2) is 5.75 Å². The quantitative estimate of drug-likeness (QED) is 0.226. The topological polar surface area (TPSA) is 60.0 Å². The van der Waals surface area contributed by atoms with Gasteiger partial charge in [0.1, 0.15) is 18.6 Å². The lowest BCUT2D eigenvalue weighted by Crippen LogP contribution is -2.18. The molecule has 2 N–H and O–H groups in total. The van der Waals surface area contributed by atoms with Crippen LogP contribution in [0.4, 0.5) is 0 Å². The Morgan fingerprint density at radius 2 is 1.71 bits per heavy atom. The van der Waals surface area contributed by atoms with Crippen molar-refractivity contribution in [1.29, 1.82) is 0 Å². The average Bonchev–Trinajstić information content (AvgIpc) is 2.45. The fraction of sp³-hybridized carbons (Fsp3) is 0.429. The van der Waals surface area contributed by atoms with E-state index in [0.717, 1.165) is 12.8 Å². The van der Waals surface area contributed by atoms with Gasteiger partial charge in [0.2, 0.25) is 3.79 Å². The van der Waals surface area contributed by atoms with Crippen LogP contribution in [-0.2, 0) is 9.57 Å². The van der Waals surface area contributed by atoms with Gasteiger partial charge in [0.05, 0.1) is 29.5 Å². The highest BCUT2D eigenvalue weighted by Gasteiger charge is 2.19. The Hall–Kier alpha value is -0.430. The van der Waals surface area contributed by atoms with E-state index in [1.54, 1.807) is 0 Å². The lowest BCUT2D eigenvalue weighted by Gasteiger charge is -2.10. The number of unbranched alkanes of at least 4 members (excludes halogenated alkanes) is 1. The predicted octanol–water partition coefficient (Wildman–Crippen LogP) is 5.24. The van der Waals surface area contributed by atoms with Crippen molar-refractivity contribution in [3.63, 3.8) is 0 Å². The van der Waals surface area contributed by atoms with Crippen LogP contribution in [0, 0.1) is 0 Å². The molecule has 0 atom stereocenters. The molecule has 0 radical (unpaired) electrons. The Morgan fingerprint density at radius 3 is 2.33 bits per heavy atom. The summed E-state index contributed by atoms with van der Waals surface area (Å²) in [5.41, 5.74) is 2.45. The minimum atomic E-state index is -1.47. The lowest BCUT2D eigenvalue weighted by molar-refractivity contribution is 0.0726. The summed E-state index contributed by atoms with van der Waals surface area (Å²) < 4.78 is 9.25. The van der Waals surface area contributed by atoms with Crippen molar-refractivity contribution in [3.05, 3.63) is 34.6 Å². The summed E-state index contributed by atoms with van der Waals surface area (Å²) in [6, 6.07) is 2.74. The first-order valence-electron chi connectivity index (χ1n) is 6.81. The fourth-order valence-corrected chi connectivity index (χ4v) is 2.21. The van der Waals surface area contributed by atoms with Crippen LogP contribution in [0.15, 0.2) is 24.6 Å². The first kappa shape index (κ1) is 21.6. The Labute approximate surface area is 165 Å². The third-order valence-electron chi connectivity index (χ3n) is 2.44. The number of ether oxygens (including phenoxy) is 2. The molecule has 0 aliphatic carbocycles. The van der Waals surface area contributed by atoms with E-state index in [4.69, 9.17) is 72.3 Å². The van der Waals surface area contributed by atoms with Crippen LogP contribution < -0.4 is 10.2 Å². The fourth-order valence-electron chi connectivity index (χ4n) is 1.46. The molecule has 0 amide bonds. The van der Waals surface area contributed by atoms with Gasteiger partial charge in [-0.1, -0.05) is 58.0 Å². The van der Waals surface area contributed by atoms with Gasteiger partial charge in [0, 0.05) is 12.1 Å². The third kappa shape index (κ3) is 9.77. The van der Waals surface area contributed by atoms with Crippen molar-refractivity contribution < 1.29 is 19.4 Å². The van der Waals surface area contributed by atoms with Crippen LogP contribution in [0.2, 0.25) is 10.0 Å². The van der Waals surface area contributed by atoms with Crippen LogP contribution in [0.25, 0.3) is 0 Å². The molecular formula is C14H16Cl5NO4. The summed E-state index contributed by atoms with van der Waals surface area (Å²) in [5, 5.41) is 9.85. The highest BCUT2D eigenvalue weighted by atomic mass is 35.6. The van der Waals surface area contributed by atoms with Crippen molar-refractivity contribution in [2.24, 2.45) is 0 Å². The SMILES string of the molecule is Oc1cc(Cl)c(OCCCCOC=CNOCC(Cl)(Cl)Cl)c(Cl)c1. The van der Waals surface area contributed by atoms with Gasteiger partial charge in [-0.15, -0.1) is 0 Å². The molecule has 0 saturated carbocycles. The number of phenolic OH excluding ortho intramolecular Hbond substituents is 1. The van der Waals surface area contributed by atoms with Crippen LogP contribution in [0.5, 0.6) is 11.5 Å². The minimum absolute atomic E-state index is 0.0102. The summed E-state index contributed by atoms with van der Waals surface area (Å²) in [5.74, 6) is 0.344. The molecule has 0 saturated heterocycles. The van der Waals surface area contributed by atoms with Gasteiger partial charge in [-0.3, -0.25) is 10.3 Å². The van der Waals surface area contributed by atoms with E-state index < -0.39 is 3.79 Å². The number of nitrogens with one attached hydrogen (secondary N) is 1. The zero-order valence-electron chi connectivity index (χ0n) is 12.4. The number of phenols is 1. The van der Waals surface area contributed by atoms with E-state index in [-0.39, 0.29) is 22.4 Å². The molecular weight excluding hydrogens is 423 g/mol. The Kier molecular flexibility index (Phi) is 10.1. The standard InChI is InChI=1S/C14H16Cl5NO4/c15-11-7-10(21)8-12(16)13(11)23-5-2-1-4-22-6-3-20-24-9-14(17,18)19/h3,6-8,20-21H,1-2,4-5,9H2. The number of alkyl halides is 3. The number of hydrogen-bond acceptors (Lipinski definition) is 5. The predicted molar refractivity (Wildman–Crippen MR) is 97.3 cm³/mol. The second-order valence-electron chi connectivity index (χ2n) is 4.49. The molecule has 0 bridgehead atoms. The van der Waals surface area contributed by atoms with Crippen LogP contribution in [0.1, 0.15) is 12.8 Å². The van der Waals surface area contributed by atoms with Crippen LogP contribution in [0.3, 0.4) is 0 Å². The summed E-state index contributed by atoms with van der Waals surface area (Å²) in [6.45, 7) is 0.812. The summed E-state index contributed by atoms with van der Waals surface area (Å²) >= 11 is 28.3. The maximum atomic E-state index is 9.32. The number of aromatic hydroxyl groups is 1. The molecule has 0 aliphatic rings. The first-order chi connectivity index (χ1) is 11.3.